The highest BCUT2D eigenvalue weighted by Gasteiger charge is 2.30. The Labute approximate surface area is 197 Å². The van der Waals surface area contributed by atoms with Gasteiger partial charge >= 0.3 is 0 Å². The standard InChI is InChI=1S/C27H32N2O3S/c1-6-23-11-13-25(14-12-23)28-26(30)18-29(17-24-9-7-19(2)8-10-24)33(31,32)27-21(4)15-20(3)16-22(27)5/h7-16H,6,17-18H2,1-5H3,(H,28,30). The summed E-state index contributed by atoms with van der Waals surface area (Å²) < 4.78 is 28.8. The lowest BCUT2D eigenvalue weighted by Crippen LogP contribution is -2.38. The molecule has 0 radical (unpaired) electrons. The van der Waals surface area contributed by atoms with Crippen LogP contribution in [0.5, 0.6) is 0 Å². The largest absolute Gasteiger partial charge is 0.325 e. The van der Waals surface area contributed by atoms with Gasteiger partial charge in [0.1, 0.15) is 0 Å². The number of rotatable bonds is 8. The van der Waals surface area contributed by atoms with Gasteiger partial charge in [-0.1, -0.05) is 66.6 Å². The van der Waals surface area contributed by atoms with E-state index in [4.69, 9.17) is 0 Å². The summed E-state index contributed by atoms with van der Waals surface area (Å²) in [5.74, 6) is -0.377. The number of hydrogen-bond acceptors (Lipinski definition) is 3. The summed E-state index contributed by atoms with van der Waals surface area (Å²) >= 11 is 0. The molecular weight excluding hydrogens is 432 g/mol. The fourth-order valence-corrected chi connectivity index (χ4v) is 5.81. The maximum absolute atomic E-state index is 13.8. The molecule has 5 nitrogen and oxygen atoms in total. The molecule has 1 amide bonds. The van der Waals surface area contributed by atoms with Gasteiger partial charge in [-0.25, -0.2) is 8.42 Å². The molecule has 1 N–H and O–H groups in total. The Morgan fingerprint density at radius 3 is 1.91 bits per heavy atom. The summed E-state index contributed by atoms with van der Waals surface area (Å²) in [4.78, 5) is 13.2. The number of anilines is 1. The zero-order valence-corrected chi connectivity index (χ0v) is 20.8. The lowest BCUT2D eigenvalue weighted by molar-refractivity contribution is -0.116. The molecule has 0 unspecified atom stereocenters. The minimum absolute atomic E-state index is 0.109. The number of benzene rings is 3. The van der Waals surface area contributed by atoms with Gasteiger partial charge in [0.05, 0.1) is 11.4 Å². The summed E-state index contributed by atoms with van der Waals surface area (Å²) in [5, 5.41) is 2.84. The Kier molecular flexibility index (Phi) is 7.72. The number of carbonyl (C=O) groups is 1. The van der Waals surface area contributed by atoms with Crippen molar-refractivity contribution in [3.05, 3.63) is 94.0 Å². The van der Waals surface area contributed by atoms with E-state index >= 15 is 0 Å². The minimum Gasteiger partial charge on any atom is -0.325 e. The van der Waals surface area contributed by atoms with Crippen LogP contribution >= 0.6 is 0 Å². The Bertz CT molecular complexity index is 1210. The summed E-state index contributed by atoms with van der Waals surface area (Å²) in [6.07, 6.45) is 0.909. The molecule has 3 aromatic carbocycles. The summed E-state index contributed by atoms with van der Waals surface area (Å²) in [6, 6.07) is 19.0. The molecule has 0 saturated carbocycles. The van der Waals surface area contributed by atoms with Gasteiger partial charge in [-0.3, -0.25) is 4.79 Å². The van der Waals surface area contributed by atoms with Crippen molar-refractivity contribution in [3.63, 3.8) is 0 Å². The van der Waals surface area contributed by atoms with E-state index in [1.165, 1.54) is 9.87 Å². The van der Waals surface area contributed by atoms with E-state index in [2.05, 4.69) is 12.2 Å². The van der Waals surface area contributed by atoms with Crippen molar-refractivity contribution >= 4 is 21.6 Å². The first-order valence-corrected chi connectivity index (χ1v) is 12.6. The lowest BCUT2D eigenvalue weighted by Gasteiger charge is -2.24. The summed E-state index contributed by atoms with van der Waals surface area (Å²) in [7, 11) is -3.91. The van der Waals surface area contributed by atoms with Crippen molar-refractivity contribution in [3.8, 4) is 0 Å². The average molecular weight is 465 g/mol. The third-order valence-corrected chi connectivity index (χ3v) is 7.75. The van der Waals surface area contributed by atoms with Crippen LogP contribution < -0.4 is 5.32 Å². The Balaban J connectivity index is 1.93. The average Bonchev–Trinajstić information content (AvgIpc) is 2.74. The molecule has 174 valence electrons. The van der Waals surface area contributed by atoms with Gasteiger partial charge in [0.2, 0.25) is 15.9 Å². The molecule has 0 aliphatic rings. The van der Waals surface area contributed by atoms with Crippen molar-refractivity contribution in [1.82, 2.24) is 4.31 Å². The van der Waals surface area contributed by atoms with Crippen LogP contribution in [0.4, 0.5) is 5.69 Å². The van der Waals surface area contributed by atoms with Gasteiger partial charge in [0, 0.05) is 12.2 Å². The van der Waals surface area contributed by atoms with E-state index in [0.29, 0.717) is 16.8 Å². The molecule has 0 aliphatic carbocycles. The second kappa shape index (κ2) is 10.3. The molecule has 0 aromatic heterocycles. The Morgan fingerprint density at radius 2 is 1.36 bits per heavy atom. The molecule has 0 heterocycles. The topological polar surface area (TPSA) is 66.5 Å². The Morgan fingerprint density at radius 1 is 0.818 bits per heavy atom. The van der Waals surface area contributed by atoms with Crippen molar-refractivity contribution in [2.45, 2.75) is 52.5 Å². The first kappa shape index (κ1) is 24.7. The van der Waals surface area contributed by atoms with Crippen molar-refractivity contribution in [2.24, 2.45) is 0 Å². The van der Waals surface area contributed by atoms with Gasteiger partial charge in [-0.15, -0.1) is 0 Å². The first-order chi connectivity index (χ1) is 15.6. The smallest absolute Gasteiger partial charge is 0.244 e. The van der Waals surface area contributed by atoms with Crippen molar-refractivity contribution < 1.29 is 13.2 Å². The molecule has 0 saturated heterocycles. The fraction of sp³-hybridized carbons (Fsp3) is 0.296. The SMILES string of the molecule is CCc1ccc(NC(=O)CN(Cc2ccc(C)cc2)S(=O)(=O)c2c(C)cc(C)cc2C)cc1. The van der Waals surface area contributed by atoms with Crippen LogP contribution in [0.15, 0.2) is 65.6 Å². The molecule has 0 spiro atoms. The summed E-state index contributed by atoms with van der Waals surface area (Å²) in [5.41, 5.74) is 6.09. The van der Waals surface area contributed by atoms with Crippen molar-refractivity contribution in [1.29, 1.82) is 0 Å². The number of aryl methyl sites for hydroxylation is 5. The quantitative estimate of drug-likeness (QED) is 0.491. The maximum Gasteiger partial charge on any atom is 0.244 e. The highest BCUT2D eigenvalue weighted by Crippen LogP contribution is 2.26. The fourth-order valence-electron chi connectivity index (χ4n) is 4.01. The predicted octanol–water partition coefficient (Wildman–Crippen LogP) is 5.31. The zero-order valence-electron chi connectivity index (χ0n) is 20.0. The molecular formula is C27H32N2O3S. The van der Waals surface area contributed by atoms with E-state index in [9.17, 15) is 13.2 Å². The van der Waals surface area contributed by atoms with E-state index in [0.717, 1.165) is 23.1 Å². The maximum atomic E-state index is 13.8. The highest BCUT2D eigenvalue weighted by atomic mass is 32.2. The van der Waals surface area contributed by atoms with Gasteiger partial charge in [-0.2, -0.15) is 4.31 Å². The number of hydrogen-bond donors (Lipinski definition) is 1. The molecule has 0 aliphatic heterocycles. The van der Waals surface area contributed by atoms with Gasteiger partial charge in [0.15, 0.2) is 0 Å². The van der Waals surface area contributed by atoms with E-state index < -0.39 is 10.0 Å². The minimum atomic E-state index is -3.91. The highest BCUT2D eigenvalue weighted by molar-refractivity contribution is 7.89. The van der Waals surface area contributed by atoms with Gasteiger partial charge in [0.25, 0.3) is 0 Å². The van der Waals surface area contributed by atoms with Crippen LogP contribution in [0.3, 0.4) is 0 Å². The Hall–Kier alpha value is -2.96. The zero-order chi connectivity index (χ0) is 24.2. The lowest BCUT2D eigenvalue weighted by atomic mass is 10.1. The first-order valence-electron chi connectivity index (χ1n) is 11.1. The number of nitrogens with one attached hydrogen (secondary N) is 1. The van der Waals surface area contributed by atoms with Crippen LogP contribution in [0, 0.1) is 27.7 Å². The molecule has 33 heavy (non-hydrogen) atoms. The van der Waals surface area contributed by atoms with Crippen LogP contribution in [0.25, 0.3) is 0 Å². The molecule has 6 heteroatoms. The second-order valence-corrected chi connectivity index (χ2v) is 10.5. The number of carbonyl (C=O) groups excluding carboxylic acids is 1. The number of amides is 1. The van der Waals surface area contributed by atoms with Crippen LogP contribution in [-0.2, 0) is 27.8 Å². The summed E-state index contributed by atoms with van der Waals surface area (Å²) in [6.45, 7) is 9.41. The third-order valence-electron chi connectivity index (χ3n) is 5.65. The number of sulfonamides is 1. The molecule has 0 bridgehead atoms. The second-order valence-electron chi connectivity index (χ2n) is 8.59. The molecule has 3 aromatic rings. The van der Waals surface area contributed by atoms with E-state index in [1.54, 1.807) is 13.8 Å². The molecule has 0 fully saturated rings. The van der Waals surface area contributed by atoms with Gasteiger partial charge < -0.3 is 5.32 Å². The number of nitrogens with zero attached hydrogens (tertiary/aromatic N) is 1. The van der Waals surface area contributed by atoms with Crippen molar-refractivity contribution in [2.75, 3.05) is 11.9 Å². The van der Waals surface area contributed by atoms with Gasteiger partial charge in [-0.05, 0) is 68.5 Å². The van der Waals surface area contributed by atoms with Crippen LogP contribution in [0.1, 0.15) is 40.3 Å². The van der Waals surface area contributed by atoms with E-state index in [1.807, 2.05) is 74.5 Å². The molecule has 0 atom stereocenters. The monoisotopic (exact) mass is 464 g/mol. The van der Waals surface area contributed by atoms with Crippen LogP contribution in [0.2, 0.25) is 0 Å². The molecule has 3 rings (SSSR count). The normalized spacial score (nSPS) is 11.6. The van der Waals surface area contributed by atoms with Crippen LogP contribution in [-0.4, -0.2) is 25.2 Å². The third kappa shape index (κ3) is 6.09. The van der Waals surface area contributed by atoms with E-state index in [-0.39, 0.29) is 23.9 Å². The predicted molar refractivity (Wildman–Crippen MR) is 134 cm³/mol.